The number of ether oxygens (including phenoxy) is 2. The average molecular weight is 715 g/mol. The normalized spacial score (nSPS) is 12.7. The highest BCUT2D eigenvalue weighted by Gasteiger charge is 2.22. The van der Waals surface area contributed by atoms with E-state index in [1.54, 1.807) is 6.08 Å². The molecule has 0 aliphatic heterocycles. The minimum atomic E-state index is -4.77. The maximum atomic E-state index is 12.4. The summed E-state index contributed by atoms with van der Waals surface area (Å²) in [5.41, 5.74) is 0. The summed E-state index contributed by atoms with van der Waals surface area (Å²) < 4.78 is 26.3. The van der Waals surface area contributed by atoms with Crippen LogP contribution in [0.5, 0.6) is 0 Å². The van der Waals surface area contributed by atoms with Crippen LogP contribution in [0.2, 0.25) is 0 Å². The van der Waals surface area contributed by atoms with E-state index in [0.29, 0.717) is 19.3 Å². The lowest BCUT2D eigenvalue weighted by molar-refractivity contribution is -0.161. The number of esters is 2. The van der Waals surface area contributed by atoms with Gasteiger partial charge in [0, 0.05) is 19.3 Å². The molecule has 0 amide bonds. The number of rotatable bonds is 35. The van der Waals surface area contributed by atoms with Gasteiger partial charge in [-0.05, 0) is 44.1 Å². The van der Waals surface area contributed by atoms with Gasteiger partial charge in [-0.1, -0.05) is 148 Å². The fourth-order valence-electron chi connectivity index (χ4n) is 5.42. The molecule has 0 aromatic carbocycles. The fourth-order valence-corrected chi connectivity index (χ4v) is 5.78. The average Bonchev–Trinajstić information content (AvgIpc) is 3.04. The zero-order chi connectivity index (χ0) is 36.4. The van der Waals surface area contributed by atoms with Crippen LogP contribution in [0.3, 0.4) is 0 Å². The van der Waals surface area contributed by atoms with Gasteiger partial charge in [0.15, 0.2) is 11.9 Å². The number of phosphoric ester groups is 1. The Bertz CT molecular complexity index is 925. The molecule has 0 aromatic rings. The SMILES string of the molecule is CCCCC/C=C\C=C\C(=O)CCCCCCCC(=O)OC[C@H](COP(=O)(O)O)OC(=O)CCCCCCCCCCCCCCC(C)C. The van der Waals surface area contributed by atoms with Gasteiger partial charge in [-0.3, -0.25) is 18.9 Å². The summed E-state index contributed by atoms with van der Waals surface area (Å²) in [5.74, 6) is -0.0454. The Kier molecular flexibility index (Phi) is 32.1. The van der Waals surface area contributed by atoms with Gasteiger partial charge in [-0.25, -0.2) is 4.57 Å². The van der Waals surface area contributed by atoms with Gasteiger partial charge in [0.25, 0.3) is 0 Å². The minimum Gasteiger partial charge on any atom is -0.462 e. The number of hydrogen-bond donors (Lipinski definition) is 2. The molecule has 0 rings (SSSR count). The molecule has 49 heavy (non-hydrogen) atoms. The van der Waals surface area contributed by atoms with Crippen LogP contribution >= 0.6 is 7.82 Å². The largest absolute Gasteiger partial charge is 0.469 e. The van der Waals surface area contributed by atoms with Crippen molar-refractivity contribution in [1.29, 1.82) is 0 Å². The van der Waals surface area contributed by atoms with Gasteiger partial charge in [0.05, 0.1) is 6.61 Å². The first kappa shape index (κ1) is 47.2. The maximum Gasteiger partial charge on any atom is 0.469 e. The minimum absolute atomic E-state index is 0.120. The van der Waals surface area contributed by atoms with E-state index < -0.39 is 32.5 Å². The number of phosphoric acid groups is 1. The van der Waals surface area contributed by atoms with Crippen LogP contribution in [0, 0.1) is 5.92 Å². The van der Waals surface area contributed by atoms with E-state index in [4.69, 9.17) is 19.3 Å². The Morgan fingerprint density at radius 2 is 1.14 bits per heavy atom. The van der Waals surface area contributed by atoms with Gasteiger partial charge < -0.3 is 19.3 Å². The van der Waals surface area contributed by atoms with Gasteiger partial charge in [-0.2, -0.15) is 0 Å². The van der Waals surface area contributed by atoms with E-state index in [1.165, 1.54) is 77.0 Å². The van der Waals surface area contributed by atoms with Gasteiger partial charge >= 0.3 is 19.8 Å². The van der Waals surface area contributed by atoms with Crippen LogP contribution in [-0.2, 0) is 32.9 Å². The number of ketones is 1. The molecule has 9 nitrogen and oxygen atoms in total. The zero-order valence-corrected chi connectivity index (χ0v) is 32.1. The number of carbonyl (C=O) groups excluding carboxylic acids is 3. The summed E-state index contributed by atoms with van der Waals surface area (Å²) in [4.78, 5) is 54.7. The lowest BCUT2D eigenvalue weighted by atomic mass is 10.0. The predicted octanol–water partition coefficient (Wildman–Crippen LogP) is 10.7. The number of allylic oxidation sites excluding steroid dienone is 4. The molecule has 0 saturated heterocycles. The Morgan fingerprint density at radius 1 is 0.633 bits per heavy atom. The lowest BCUT2D eigenvalue weighted by Gasteiger charge is -2.18. The van der Waals surface area contributed by atoms with E-state index in [9.17, 15) is 18.9 Å². The molecule has 0 spiro atoms. The molecule has 0 heterocycles. The summed E-state index contributed by atoms with van der Waals surface area (Å²) >= 11 is 0. The first-order valence-electron chi connectivity index (χ1n) is 19.4. The topological polar surface area (TPSA) is 136 Å². The molecule has 0 radical (unpaired) electrons. The second-order valence-electron chi connectivity index (χ2n) is 13.8. The Labute approximate surface area is 298 Å². The monoisotopic (exact) mass is 714 g/mol. The molecule has 0 aromatic heterocycles. The Balaban J connectivity index is 4.03. The molecule has 0 saturated carbocycles. The number of hydrogen-bond acceptors (Lipinski definition) is 7. The number of unbranched alkanes of at least 4 members (excludes halogenated alkanes) is 18. The molecule has 10 heteroatoms. The second-order valence-corrected chi connectivity index (χ2v) is 15.0. The van der Waals surface area contributed by atoms with E-state index in [0.717, 1.165) is 57.3 Å². The summed E-state index contributed by atoms with van der Waals surface area (Å²) in [6.45, 7) is 5.85. The van der Waals surface area contributed by atoms with Gasteiger partial charge in [0.2, 0.25) is 0 Å². The van der Waals surface area contributed by atoms with E-state index in [-0.39, 0.29) is 25.2 Å². The molecule has 0 bridgehead atoms. The smallest absolute Gasteiger partial charge is 0.462 e. The molecule has 0 aliphatic carbocycles. The quantitative estimate of drug-likeness (QED) is 0.0216. The van der Waals surface area contributed by atoms with E-state index in [2.05, 4.69) is 31.4 Å². The third-order valence-corrected chi connectivity index (χ3v) is 8.86. The number of carbonyl (C=O) groups is 3. The molecular formula is C39H71O9P. The van der Waals surface area contributed by atoms with Crippen LogP contribution in [0.15, 0.2) is 24.3 Å². The van der Waals surface area contributed by atoms with Crippen molar-refractivity contribution in [2.24, 2.45) is 5.92 Å². The van der Waals surface area contributed by atoms with Crippen molar-refractivity contribution < 1.29 is 42.7 Å². The van der Waals surface area contributed by atoms with Crippen LogP contribution in [-0.4, -0.2) is 46.8 Å². The fraction of sp³-hybridized carbons (Fsp3) is 0.821. The van der Waals surface area contributed by atoms with Gasteiger partial charge in [-0.15, -0.1) is 0 Å². The zero-order valence-electron chi connectivity index (χ0n) is 31.3. The van der Waals surface area contributed by atoms with Crippen LogP contribution in [0.25, 0.3) is 0 Å². The van der Waals surface area contributed by atoms with Crippen LogP contribution in [0.4, 0.5) is 0 Å². The van der Waals surface area contributed by atoms with Crippen molar-refractivity contribution in [3.05, 3.63) is 24.3 Å². The first-order chi connectivity index (χ1) is 23.5. The predicted molar refractivity (Wildman–Crippen MR) is 198 cm³/mol. The van der Waals surface area contributed by atoms with Crippen molar-refractivity contribution >= 4 is 25.5 Å². The molecule has 286 valence electrons. The van der Waals surface area contributed by atoms with Crippen molar-refractivity contribution in [2.75, 3.05) is 13.2 Å². The van der Waals surface area contributed by atoms with E-state index >= 15 is 0 Å². The molecule has 0 aliphatic rings. The molecule has 1 atom stereocenters. The third-order valence-electron chi connectivity index (χ3n) is 8.38. The second kappa shape index (κ2) is 33.3. The van der Waals surface area contributed by atoms with Gasteiger partial charge in [0.1, 0.15) is 6.61 Å². The Morgan fingerprint density at radius 3 is 1.67 bits per heavy atom. The summed E-state index contributed by atoms with van der Waals surface area (Å²) in [7, 11) is -4.77. The highest BCUT2D eigenvalue weighted by atomic mass is 31.2. The van der Waals surface area contributed by atoms with Crippen molar-refractivity contribution in [1.82, 2.24) is 0 Å². The van der Waals surface area contributed by atoms with Crippen LogP contribution < -0.4 is 0 Å². The molecular weight excluding hydrogens is 643 g/mol. The highest BCUT2D eigenvalue weighted by molar-refractivity contribution is 7.46. The highest BCUT2D eigenvalue weighted by Crippen LogP contribution is 2.36. The van der Waals surface area contributed by atoms with Crippen molar-refractivity contribution in [3.8, 4) is 0 Å². The first-order valence-corrected chi connectivity index (χ1v) is 21.0. The molecule has 0 unspecified atom stereocenters. The lowest BCUT2D eigenvalue weighted by Crippen LogP contribution is -2.29. The summed E-state index contributed by atoms with van der Waals surface area (Å²) in [6.07, 6.45) is 31.5. The summed E-state index contributed by atoms with van der Waals surface area (Å²) in [6, 6.07) is 0. The standard InChI is InChI=1S/C39H71O9P/c1-4-5-6-7-14-19-24-29-36(40)30-25-20-17-22-26-31-38(41)46-33-37(34-47-49(43,44)45)48-39(42)32-27-21-16-13-11-9-8-10-12-15-18-23-28-35(2)3/h14,19,24,29,35,37H,4-13,15-18,20-23,25-28,30-34H2,1-3H3,(H2,43,44,45)/b19-14-,29-24+/t37-/m1/s1. The molecule has 0 fully saturated rings. The van der Waals surface area contributed by atoms with Crippen molar-refractivity contribution in [2.45, 2.75) is 187 Å². The van der Waals surface area contributed by atoms with Crippen LogP contribution in [0.1, 0.15) is 181 Å². The molecule has 2 N–H and O–H groups in total. The Hall–Kier alpha value is -1.80. The van der Waals surface area contributed by atoms with E-state index in [1.807, 2.05) is 12.2 Å². The third kappa shape index (κ3) is 37.3. The summed E-state index contributed by atoms with van der Waals surface area (Å²) in [5, 5.41) is 0. The maximum absolute atomic E-state index is 12.4. The van der Waals surface area contributed by atoms with Crippen molar-refractivity contribution in [3.63, 3.8) is 0 Å².